The summed E-state index contributed by atoms with van der Waals surface area (Å²) in [4.78, 5) is 0. The second-order valence-electron chi connectivity index (χ2n) is 11.1. The minimum atomic E-state index is -4.47. The molecule has 174 valence electrons. The van der Waals surface area contributed by atoms with Crippen molar-refractivity contribution in [1.82, 2.24) is 5.32 Å². The van der Waals surface area contributed by atoms with Gasteiger partial charge >= 0.3 is 6.18 Å². The van der Waals surface area contributed by atoms with E-state index in [0.29, 0.717) is 17.5 Å². The topological polar surface area (TPSA) is 42.5 Å². The lowest BCUT2D eigenvalue weighted by Gasteiger charge is -2.65. The van der Waals surface area contributed by atoms with Crippen LogP contribution in [0.1, 0.15) is 51.2 Å². The molecule has 1 atom stereocenters. The zero-order valence-corrected chi connectivity index (χ0v) is 20.2. The molecular weight excluding hydrogens is 421 g/mol. The number of anilines is 1. The normalized spacial score (nSPS) is 28.0. The first-order valence-corrected chi connectivity index (χ1v) is 14.2. The van der Waals surface area contributed by atoms with Gasteiger partial charge in [0.25, 0.3) is 0 Å². The lowest BCUT2D eigenvalue weighted by Crippen LogP contribution is -2.62. The van der Waals surface area contributed by atoms with Crippen molar-refractivity contribution in [3.63, 3.8) is 0 Å². The maximum Gasteiger partial charge on any atom is 0.419 e. The molecule has 0 saturated heterocycles. The Morgan fingerprint density at radius 1 is 1.10 bits per heavy atom. The molecule has 4 nitrogen and oxygen atoms in total. The molecule has 1 heterocycles. The van der Waals surface area contributed by atoms with Crippen LogP contribution >= 0.6 is 0 Å². The highest BCUT2D eigenvalue weighted by atomic mass is 28.4. The van der Waals surface area contributed by atoms with Crippen molar-refractivity contribution in [1.29, 1.82) is 0 Å². The van der Waals surface area contributed by atoms with Gasteiger partial charge in [0, 0.05) is 30.4 Å². The van der Waals surface area contributed by atoms with Gasteiger partial charge in [-0.1, -0.05) is 20.8 Å². The lowest BCUT2D eigenvalue weighted by atomic mass is 9.42. The highest BCUT2D eigenvalue weighted by Crippen LogP contribution is 2.66. The third-order valence-electron chi connectivity index (χ3n) is 7.97. The predicted molar refractivity (Wildman–Crippen MR) is 119 cm³/mol. The van der Waals surface area contributed by atoms with Crippen molar-refractivity contribution < 1.29 is 22.3 Å². The Balaban J connectivity index is 1.52. The number of fused-ring (bicyclic) bond motifs is 1. The molecule has 5 rings (SSSR count). The summed E-state index contributed by atoms with van der Waals surface area (Å²) < 4.78 is 53.2. The van der Waals surface area contributed by atoms with Crippen molar-refractivity contribution in [2.45, 2.75) is 76.9 Å². The zero-order chi connectivity index (χ0) is 22.7. The summed E-state index contributed by atoms with van der Waals surface area (Å²) in [5.41, 5.74) is 0.926. The first kappa shape index (κ1) is 22.9. The van der Waals surface area contributed by atoms with Crippen molar-refractivity contribution in [3.8, 4) is 5.75 Å². The van der Waals surface area contributed by atoms with Crippen LogP contribution in [-0.2, 0) is 17.1 Å². The average molecular weight is 457 g/mol. The number of halogens is 3. The molecule has 3 fully saturated rings. The number of alkyl halides is 3. The van der Waals surface area contributed by atoms with Crippen LogP contribution in [-0.4, -0.2) is 34.1 Å². The predicted octanol–water partition coefficient (Wildman–Crippen LogP) is 5.79. The molecule has 0 spiro atoms. The maximum absolute atomic E-state index is 13.8. The van der Waals surface area contributed by atoms with Gasteiger partial charge in [-0.2, -0.15) is 13.2 Å². The second kappa shape index (κ2) is 7.66. The van der Waals surface area contributed by atoms with Gasteiger partial charge in [-0.05, 0) is 60.9 Å². The highest BCUT2D eigenvalue weighted by Gasteiger charge is 2.60. The smallest absolute Gasteiger partial charge is 0.419 e. The first-order valence-electron chi connectivity index (χ1n) is 11.3. The Bertz CT molecular complexity index is 818. The number of benzene rings is 1. The molecule has 2 bridgehead atoms. The second-order valence-corrected chi connectivity index (χ2v) is 15.9. The van der Waals surface area contributed by atoms with Crippen molar-refractivity contribution in [2.24, 2.45) is 11.3 Å². The van der Waals surface area contributed by atoms with Crippen LogP contribution in [0.4, 0.5) is 18.9 Å². The van der Waals surface area contributed by atoms with Crippen molar-refractivity contribution in [3.05, 3.63) is 23.3 Å². The van der Waals surface area contributed by atoms with Crippen LogP contribution in [0, 0.1) is 11.3 Å². The summed E-state index contributed by atoms with van der Waals surface area (Å²) in [5, 5.41) is 6.97. The monoisotopic (exact) mass is 456 g/mol. The largest absolute Gasteiger partial charge is 0.490 e. The maximum atomic E-state index is 13.8. The van der Waals surface area contributed by atoms with Gasteiger partial charge < -0.3 is 19.8 Å². The van der Waals surface area contributed by atoms with Gasteiger partial charge in [0.15, 0.2) is 8.32 Å². The van der Waals surface area contributed by atoms with Crippen LogP contribution in [0.2, 0.25) is 18.1 Å². The van der Waals surface area contributed by atoms with Crippen LogP contribution < -0.4 is 15.4 Å². The Morgan fingerprint density at radius 2 is 1.77 bits per heavy atom. The van der Waals surface area contributed by atoms with Crippen LogP contribution in [0.15, 0.2) is 12.1 Å². The third-order valence-corrected chi connectivity index (χ3v) is 12.5. The Morgan fingerprint density at radius 3 is 2.32 bits per heavy atom. The van der Waals surface area contributed by atoms with Gasteiger partial charge in [0.2, 0.25) is 0 Å². The fraction of sp³-hybridized carbons (Fsp3) is 0.739. The van der Waals surface area contributed by atoms with E-state index in [-0.39, 0.29) is 30.0 Å². The van der Waals surface area contributed by atoms with E-state index in [2.05, 4.69) is 44.5 Å². The van der Waals surface area contributed by atoms with Crippen LogP contribution in [0.25, 0.3) is 0 Å². The fourth-order valence-electron chi connectivity index (χ4n) is 4.91. The standard InChI is InChI=1S/C23H35F3N2O2Si/c1-21(2,3)31(4,5)30-9-8-29-20-16-13-27-14-19(22-10-15(11-22)12-22)28-18(16)7-6-17(20)23(24,25)26/h6-7,15,19,27-28H,8-14H2,1-5H3. The number of nitrogens with one attached hydrogen (secondary N) is 2. The van der Waals surface area contributed by atoms with Crippen molar-refractivity contribution in [2.75, 3.05) is 25.1 Å². The van der Waals surface area contributed by atoms with Gasteiger partial charge in [-0.15, -0.1) is 0 Å². The molecule has 0 radical (unpaired) electrons. The molecule has 0 aromatic heterocycles. The third kappa shape index (κ3) is 4.23. The first-order chi connectivity index (χ1) is 14.3. The number of rotatable bonds is 6. The summed E-state index contributed by atoms with van der Waals surface area (Å²) in [5.74, 6) is 0.791. The minimum absolute atomic E-state index is 0.0400. The molecule has 31 heavy (non-hydrogen) atoms. The molecule has 1 aromatic carbocycles. The van der Waals surface area contributed by atoms with E-state index >= 15 is 0 Å². The number of ether oxygens (including phenoxy) is 1. The number of hydrogen-bond donors (Lipinski definition) is 2. The Kier molecular flexibility index (Phi) is 5.67. The SMILES string of the molecule is CC(C)(C)[Si](C)(C)OCCOc1c(C(F)(F)F)ccc2c1CNCC(C13CC(C1)C3)N2. The molecule has 4 aliphatic rings. The molecule has 1 aromatic rings. The molecule has 3 aliphatic carbocycles. The van der Waals surface area contributed by atoms with E-state index in [1.54, 1.807) is 6.07 Å². The number of hydrogen-bond acceptors (Lipinski definition) is 4. The molecular formula is C23H35F3N2O2Si. The van der Waals surface area contributed by atoms with Gasteiger partial charge in [-0.25, -0.2) is 0 Å². The zero-order valence-electron chi connectivity index (χ0n) is 19.2. The summed E-state index contributed by atoms with van der Waals surface area (Å²) in [6, 6.07) is 2.98. The molecule has 0 amide bonds. The van der Waals surface area contributed by atoms with Gasteiger partial charge in [-0.3, -0.25) is 0 Å². The molecule has 2 N–H and O–H groups in total. The lowest BCUT2D eigenvalue weighted by molar-refractivity contribution is -0.139. The van der Waals surface area contributed by atoms with Crippen molar-refractivity contribution >= 4 is 14.0 Å². The van der Waals surface area contributed by atoms with Gasteiger partial charge in [0.05, 0.1) is 12.2 Å². The highest BCUT2D eigenvalue weighted by molar-refractivity contribution is 6.74. The minimum Gasteiger partial charge on any atom is -0.490 e. The Hall–Kier alpha value is -1.25. The van der Waals surface area contributed by atoms with Gasteiger partial charge in [0.1, 0.15) is 12.4 Å². The fourth-order valence-corrected chi connectivity index (χ4v) is 5.93. The van der Waals surface area contributed by atoms with Crippen LogP contribution in [0.3, 0.4) is 0 Å². The van der Waals surface area contributed by atoms with E-state index in [4.69, 9.17) is 9.16 Å². The van der Waals surface area contributed by atoms with E-state index in [1.165, 1.54) is 19.3 Å². The van der Waals surface area contributed by atoms with E-state index in [1.807, 2.05) is 0 Å². The average Bonchev–Trinajstić information content (AvgIpc) is 2.76. The molecule has 3 saturated carbocycles. The molecule has 1 unspecified atom stereocenters. The van der Waals surface area contributed by atoms with Crippen LogP contribution in [0.5, 0.6) is 5.75 Å². The quantitative estimate of drug-likeness (QED) is 0.420. The van der Waals surface area contributed by atoms with E-state index in [9.17, 15) is 13.2 Å². The summed E-state index contributed by atoms with van der Waals surface area (Å²) in [6.45, 7) is 12.2. The van der Waals surface area contributed by atoms with E-state index in [0.717, 1.165) is 24.2 Å². The summed E-state index contributed by atoms with van der Waals surface area (Å²) in [6.07, 6.45) is -0.770. The van der Waals surface area contributed by atoms with E-state index < -0.39 is 20.1 Å². The Labute approximate surface area is 184 Å². The summed E-state index contributed by atoms with van der Waals surface area (Å²) >= 11 is 0. The summed E-state index contributed by atoms with van der Waals surface area (Å²) in [7, 11) is -1.98. The molecule has 8 heteroatoms. The molecule has 1 aliphatic heterocycles.